The van der Waals surface area contributed by atoms with E-state index in [0.717, 1.165) is 17.1 Å². The molecule has 2 heterocycles. The summed E-state index contributed by atoms with van der Waals surface area (Å²) in [4.78, 5) is 5.16. The van der Waals surface area contributed by atoms with Crippen molar-refractivity contribution in [2.24, 2.45) is 5.73 Å². The molecule has 1 aromatic heterocycles. The van der Waals surface area contributed by atoms with Crippen molar-refractivity contribution in [2.45, 2.75) is 23.5 Å². The molecule has 0 saturated carbocycles. The van der Waals surface area contributed by atoms with Gasteiger partial charge in [-0.15, -0.1) is 11.8 Å². The van der Waals surface area contributed by atoms with Crippen molar-refractivity contribution in [3.05, 3.63) is 53.3 Å². The summed E-state index contributed by atoms with van der Waals surface area (Å²) < 4.78 is 6.00. The maximum absolute atomic E-state index is 6.29. The van der Waals surface area contributed by atoms with Gasteiger partial charge >= 0.3 is 0 Å². The van der Waals surface area contributed by atoms with E-state index in [-0.39, 0.29) is 12.1 Å². The van der Waals surface area contributed by atoms with Crippen LogP contribution in [0.3, 0.4) is 0 Å². The van der Waals surface area contributed by atoms with Crippen molar-refractivity contribution >= 4 is 23.4 Å². The highest BCUT2D eigenvalue weighted by Crippen LogP contribution is 2.35. The maximum atomic E-state index is 6.29. The number of benzene rings is 1. The predicted molar refractivity (Wildman–Crippen MR) is 82.5 cm³/mol. The molecule has 1 aromatic carbocycles. The molecule has 0 radical (unpaired) electrons. The van der Waals surface area contributed by atoms with Crippen LogP contribution in [0.4, 0.5) is 0 Å². The minimum atomic E-state index is -0.0873. The summed E-state index contributed by atoms with van der Waals surface area (Å²) in [5.41, 5.74) is 7.30. The zero-order chi connectivity index (χ0) is 13.9. The number of halogens is 1. The van der Waals surface area contributed by atoms with E-state index in [1.54, 1.807) is 24.2 Å². The van der Waals surface area contributed by atoms with Crippen molar-refractivity contribution in [1.29, 1.82) is 0 Å². The quantitative estimate of drug-likeness (QED) is 0.946. The lowest BCUT2D eigenvalue weighted by atomic mass is 10.0. The first-order valence-corrected chi connectivity index (χ1v) is 7.83. The van der Waals surface area contributed by atoms with Gasteiger partial charge in [-0.1, -0.05) is 23.7 Å². The van der Waals surface area contributed by atoms with Crippen molar-refractivity contribution < 1.29 is 4.74 Å². The van der Waals surface area contributed by atoms with Crippen LogP contribution in [0, 0.1) is 0 Å². The number of rotatable bonds is 3. The fourth-order valence-corrected chi connectivity index (χ4v) is 3.49. The number of hydrogen-bond donors (Lipinski definition) is 1. The van der Waals surface area contributed by atoms with Gasteiger partial charge in [-0.25, -0.2) is 0 Å². The van der Waals surface area contributed by atoms with E-state index < -0.39 is 0 Å². The minimum Gasteiger partial charge on any atom is -0.487 e. The third-order valence-corrected chi connectivity index (χ3v) is 4.80. The number of aromatic nitrogens is 1. The van der Waals surface area contributed by atoms with Crippen LogP contribution in [-0.2, 0) is 6.42 Å². The van der Waals surface area contributed by atoms with Crippen LogP contribution in [0.2, 0.25) is 5.02 Å². The second-order valence-electron chi connectivity index (χ2n) is 4.75. The molecule has 3 nitrogen and oxygen atoms in total. The molecule has 0 aliphatic carbocycles. The summed E-state index contributed by atoms with van der Waals surface area (Å²) in [5, 5.41) is 0.659. The smallest absolute Gasteiger partial charge is 0.133 e. The lowest BCUT2D eigenvalue weighted by Crippen LogP contribution is -2.43. The first-order chi connectivity index (χ1) is 9.74. The van der Waals surface area contributed by atoms with Gasteiger partial charge in [-0.2, -0.15) is 0 Å². The molecule has 5 heteroatoms. The van der Waals surface area contributed by atoms with Gasteiger partial charge in [0, 0.05) is 29.1 Å². The van der Waals surface area contributed by atoms with Crippen LogP contribution in [0.25, 0.3) is 0 Å². The SMILES string of the molecule is NC(Cc1ccncc1Cl)C1CSc2ccccc2O1. The van der Waals surface area contributed by atoms with E-state index in [4.69, 9.17) is 22.1 Å². The molecule has 0 fully saturated rings. The largest absolute Gasteiger partial charge is 0.487 e. The first-order valence-electron chi connectivity index (χ1n) is 6.46. The van der Waals surface area contributed by atoms with Gasteiger partial charge in [-0.3, -0.25) is 4.98 Å². The normalized spacial score (nSPS) is 19.0. The number of fused-ring (bicyclic) bond motifs is 1. The predicted octanol–water partition coefficient (Wildman–Crippen LogP) is 3.16. The average molecular weight is 307 g/mol. The molecule has 1 aliphatic heterocycles. The van der Waals surface area contributed by atoms with Crippen LogP contribution in [0.1, 0.15) is 5.56 Å². The molecule has 104 valence electrons. The van der Waals surface area contributed by atoms with E-state index in [1.807, 2.05) is 24.3 Å². The number of nitrogens with zero attached hydrogens (tertiary/aromatic N) is 1. The van der Waals surface area contributed by atoms with Crippen molar-refractivity contribution in [3.63, 3.8) is 0 Å². The Hall–Kier alpha value is -1.23. The highest BCUT2D eigenvalue weighted by atomic mass is 35.5. The van der Waals surface area contributed by atoms with Gasteiger partial charge in [0.1, 0.15) is 11.9 Å². The van der Waals surface area contributed by atoms with Gasteiger partial charge in [0.25, 0.3) is 0 Å². The third-order valence-electron chi connectivity index (χ3n) is 3.32. The van der Waals surface area contributed by atoms with Gasteiger partial charge in [-0.05, 0) is 30.2 Å². The molecular weight excluding hydrogens is 292 g/mol. The van der Waals surface area contributed by atoms with Crippen molar-refractivity contribution in [2.75, 3.05) is 5.75 Å². The second kappa shape index (κ2) is 6.04. The molecular formula is C15H15ClN2OS. The van der Waals surface area contributed by atoms with Crippen LogP contribution in [0.5, 0.6) is 5.75 Å². The Morgan fingerprint density at radius 2 is 2.25 bits per heavy atom. The fourth-order valence-electron chi connectivity index (χ4n) is 2.20. The number of pyridine rings is 1. The molecule has 2 N–H and O–H groups in total. The van der Waals surface area contributed by atoms with Gasteiger partial charge in [0.05, 0.1) is 5.02 Å². The molecule has 0 amide bonds. The zero-order valence-corrected chi connectivity index (χ0v) is 12.4. The molecule has 2 atom stereocenters. The lowest BCUT2D eigenvalue weighted by Gasteiger charge is -2.30. The molecule has 20 heavy (non-hydrogen) atoms. The van der Waals surface area contributed by atoms with Crippen LogP contribution >= 0.6 is 23.4 Å². The summed E-state index contributed by atoms with van der Waals surface area (Å²) in [6.45, 7) is 0. The lowest BCUT2D eigenvalue weighted by molar-refractivity contribution is 0.184. The first kappa shape index (κ1) is 13.7. The Kier molecular flexibility index (Phi) is 4.15. The Bertz CT molecular complexity index is 608. The molecule has 3 rings (SSSR count). The Morgan fingerprint density at radius 1 is 1.40 bits per heavy atom. The number of nitrogens with two attached hydrogens (primary N) is 1. The van der Waals surface area contributed by atoms with E-state index in [2.05, 4.69) is 11.1 Å². The van der Waals surface area contributed by atoms with E-state index in [9.17, 15) is 0 Å². The number of ether oxygens (including phenoxy) is 1. The van der Waals surface area contributed by atoms with Gasteiger partial charge in [0.2, 0.25) is 0 Å². The molecule has 2 unspecified atom stereocenters. The highest BCUT2D eigenvalue weighted by molar-refractivity contribution is 7.99. The molecule has 1 aliphatic rings. The maximum Gasteiger partial charge on any atom is 0.133 e. The fraction of sp³-hybridized carbons (Fsp3) is 0.267. The molecule has 0 spiro atoms. The Labute approximate surface area is 127 Å². The van der Waals surface area contributed by atoms with Crippen LogP contribution in [-0.4, -0.2) is 22.9 Å². The summed E-state index contributed by atoms with van der Waals surface area (Å²) in [7, 11) is 0. The zero-order valence-electron chi connectivity index (χ0n) is 10.8. The van der Waals surface area contributed by atoms with Crippen LogP contribution < -0.4 is 10.5 Å². The standard InChI is InChI=1S/C15H15ClN2OS/c16-11-8-18-6-5-10(11)7-12(17)14-9-20-15-4-2-1-3-13(15)19-14/h1-6,8,12,14H,7,9,17H2. The second-order valence-corrected chi connectivity index (χ2v) is 6.22. The van der Waals surface area contributed by atoms with E-state index >= 15 is 0 Å². The summed E-state index contributed by atoms with van der Waals surface area (Å²) in [6, 6.07) is 9.88. The number of para-hydroxylation sites is 1. The summed E-state index contributed by atoms with van der Waals surface area (Å²) >= 11 is 7.91. The molecule has 0 bridgehead atoms. The van der Waals surface area contributed by atoms with Gasteiger partial charge < -0.3 is 10.5 Å². The number of hydrogen-bond acceptors (Lipinski definition) is 4. The molecule has 0 saturated heterocycles. The minimum absolute atomic E-state index is 0.000804. The van der Waals surface area contributed by atoms with Crippen molar-refractivity contribution in [3.8, 4) is 5.75 Å². The van der Waals surface area contributed by atoms with E-state index in [1.165, 1.54) is 4.90 Å². The Balaban J connectivity index is 1.70. The van der Waals surface area contributed by atoms with Crippen molar-refractivity contribution in [1.82, 2.24) is 4.98 Å². The van der Waals surface area contributed by atoms with Gasteiger partial charge in [0.15, 0.2) is 0 Å². The topological polar surface area (TPSA) is 48.1 Å². The van der Waals surface area contributed by atoms with Crippen LogP contribution in [0.15, 0.2) is 47.6 Å². The summed E-state index contributed by atoms with van der Waals surface area (Å²) in [5.74, 6) is 1.78. The highest BCUT2D eigenvalue weighted by Gasteiger charge is 2.26. The number of thioether (sulfide) groups is 1. The molecule has 2 aromatic rings. The average Bonchev–Trinajstić information content (AvgIpc) is 2.49. The summed E-state index contributed by atoms with van der Waals surface area (Å²) in [6.07, 6.45) is 4.07. The van der Waals surface area contributed by atoms with E-state index in [0.29, 0.717) is 11.4 Å². The third kappa shape index (κ3) is 2.92. The Morgan fingerprint density at radius 3 is 3.10 bits per heavy atom. The monoisotopic (exact) mass is 306 g/mol.